The molecule has 0 amide bonds. The molecule has 0 saturated carbocycles. The number of hydrogen-bond acceptors (Lipinski definition) is 3. The van der Waals surface area contributed by atoms with E-state index in [1.54, 1.807) is 6.20 Å². The van der Waals surface area contributed by atoms with Gasteiger partial charge in [0.15, 0.2) is 0 Å². The molecule has 2 rings (SSSR count). The smallest absolute Gasteiger partial charge is 0.0512 e. The molecule has 2 heterocycles. The van der Waals surface area contributed by atoms with Crippen LogP contribution in [0.3, 0.4) is 0 Å². The minimum absolute atomic E-state index is 0.259. The second-order valence-corrected chi connectivity index (χ2v) is 3.66. The monoisotopic (exact) mass is 177 g/mol. The van der Waals surface area contributed by atoms with E-state index in [0.717, 1.165) is 13.0 Å². The Bertz CT molecular complexity index is 263. The number of nitrogens with two attached hydrogens (primary N) is 1. The molecular formula is C10H15N3. The number of likely N-dealkylation sites (tertiary alicyclic amines) is 1. The maximum atomic E-state index is 6.03. The molecule has 0 aliphatic carbocycles. The summed E-state index contributed by atoms with van der Waals surface area (Å²) in [4.78, 5) is 6.41. The first-order chi connectivity index (χ1) is 6.29. The van der Waals surface area contributed by atoms with Gasteiger partial charge in [0.2, 0.25) is 0 Å². The molecule has 1 fully saturated rings. The van der Waals surface area contributed by atoms with Crippen molar-refractivity contribution in [3.8, 4) is 0 Å². The van der Waals surface area contributed by atoms with Gasteiger partial charge in [0.05, 0.1) is 6.04 Å². The van der Waals surface area contributed by atoms with Gasteiger partial charge in [-0.3, -0.25) is 9.88 Å². The highest BCUT2D eigenvalue weighted by Crippen LogP contribution is 2.28. The zero-order valence-electron chi connectivity index (χ0n) is 7.85. The van der Waals surface area contributed by atoms with Crippen molar-refractivity contribution in [2.24, 2.45) is 5.73 Å². The van der Waals surface area contributed by atoms with Crippen molar-refractivity contribution < 1.29 is 0 Å². The molecule has 1 aliphatic heterocycles. The average Bonchev–Trinajstić information content (AvgIpc) is 2.48. The Morgan fingerprint density at radius 2 is 2.46 bits per heavy atom. The third-order valence-electron chi connectivity index (χ3n) is 2.72. The first-order valence-electron chi connectivity index (χ1n) is 4.65. The first kappa shape index (κ1) is 8.66. The van der Waals surface area contributed by atoms with Gasteiger partial charge in [-0.05, 0) is 25.1 Å². The lowest BCUT2D eigenvalue weighted by molar-refractivity contribution is 0.303. The summed E-state index contributed by atoms with van der Waals surface area (Å²) in [6, 6.07) is 4.68. The fourth-order valence-electron chi connectivity index (χ4n) is 2.03. The maximum absolute atomic E-state index is 6.03. The number of likely N-dealkylation sites (N-methyl/N-ethyl adjacent to an activating group) is 1. The lowest BCUT2D eigenvalue weighted by Crippen LogP contribution is -2.29. The van der Waals surface area contributed by atoms with Crippen molar-refractivity contribution in [2.75, 3.05) is 13.6 Å². The van der Waals surface area contributed by atoms with Crippen LogP contribution in [0.5, 0.6) is 0 Å². The van der Waals surface area contributed by atoms with E-state index in [-0.39, 0.29) is 6.04 Å². The molecular weight excluding hydrogens is 162 g/mol. The lowest BCUT2D eigenvalue weighted by atomic mass is 10.0. The number of hydrogen-bond donors (Lipinski definition) is 1. The molecule has 1 aromatic heterocycles. The Kier molecular flexibility index (Phi) is 2.29. The highest BCUT2D eigenvalue weighted by Gasteiger charge is 2.29. The van der Waals surface area contributed by atoms with E-state index < -0.39 is 0 Å². The average molecular weight is 177 g/mol. The van der Waals surface area contributed by atoms with Crippen LogP contribution < -0.4 is 5.73 Å². The zero-order valence-corrected chi connectivity index (χ0v) is 7.85. The molecule has 2 unspecified atom stereocenters. The van der Waals surface area contributed by atoms with Crippen LogP contribution in [-0.2, 0) is 0 Å². The fourth-order valence-corrected chi connectivity index (χ4v) is 2.03. The van der Waals surface area contributed by atoms with Gasteiger partial charge in [0.1, 0.15) is 0 Å². The van der Waals surface area contributed by atoms with Gasteiger partial charge < -0.3 is 5.73 Å². The molecule has 0 bridgehead atoms. The number of pyridine rings is 1. The van der Waals surface area contributed by atoms with E-state index in [1.165, 1.54) is 5.56 Å². The van der Waals surface area contributed by atoms with E-state index in [4.69, 9.17) is 5.73 Å². The quantitative estimate of drug-likeness (QED) is 0.689. The molecule has 3 heteroatoms. The summed E-state index contributed by atoms with van der Waals surface area (Å²) < 4.78 is 0. The maximum Gasteiger partial charge on any atom is 0.0512 e. The van der Waals surface area contributed by atoms with Crippen LogP contribution in [0.25, 0.3) is 0 Å². The lowest BCUT2D eigenvalue weighted by Gasteiger charge is -2.22. The number of rotatable bonds is 1. The molecule has 2 atom stereocenters. The van der Waals surface area contributed by atoms with Gasteiger partial charge in [0, 0.05) is 25.0 Å². The summed E-state index contributed by atoms with van der Waals surface area (Å²) in [5.74, 6) is 0. The molecule has 0 spiro atoms. The van der Waals surface area contributed by atoms with E-state index in [9.17, 15) is 0 Å². The molecule has 1 aliphatic rings. The van der Waals surface area contributed by atoms with Crippen LogP contribution in [0.4, 0.5) is 0 Å². The molecule has 70 valence electrons. The normalized spacial score (nSPS) is 29.4. The SMILES string of the molecule is CN1CCC(N)C1c1cccnc1. The van der Waals surface area contributed by atoms with Crippen LogP contribution in [0.1, 0.15) is 18.0 Å². The molecule has 3 nitrogen and oxygen atoms in total. The van der Waals surface area contributed by atoms with E-state index in [2.05, 4.69) is 23.0 Å². The largest absolute Gasteiger partial charge is 0.326 e. The molecule has 1 saturated heterocycles. The van der Waals surface area contributed by atoms with Crippen LogP contribution in [-0.4, -0.2) is 29.5 Å². The van der Waals surface area contributed by atoms with Crippen LogP contribution in [0, 0.1) is 0 Å². The van der Waals surface area contributed by atoms with Gasteiger partial charge in [-0.15, -0.1) is 0 Å². The van der Waals surface area contributed by atoms with E-state index in [1.807, 2.05) is 12.3 Å². The summed E-state index contributed by atoms with van der Waals surface area (Å²) in [7, 11) is 2.12. The van der Waals surface area contributed by atoms with Crippen LogP contribution in [0.15, 0.2) is 24.5 Å². The predicted molar refractivity (Wildman–Crippen MR) is 52.2 cm³/mol. The van der Waals surface area contributed by atoms with E-state index >= 15 is 0 Å². The van der Waals surface area contributed by atoms with Gasteiger partial charge in [-0.25, -0.2) is 0 Å². The second kappa shape index (κ2) is 3.44. The van der Waals surface area contributed by atoms with Crippen LogP contribution in [0.2, 0.25) is 0 Å². The molecule has 0 radical (unpaired) electrons. The highest BCUT2D eigenvalue weighted by atomic mass is 15.2. The topological polar surface area (TPSA) is 42.1 Å². The summed E-state index contributed by atoms with van der Waals surface area (Å²) in [6.07, 6.45) is 4.78. The zero-order chi connectivity index (χ0) is 9.26. The van der Waals surface area contributed by atoms with E-state index in [0.29, 0.717) is 6.04 Å². The van der Waals surface area contributed by atoms with Gasteiger partial charge in [-0.2, -0.15) is 0 Å². The molecule has 2 N–H and O–H groups in total. The number of nitrogens with zero attached hydrogens (tertiary/aromatic N) is 2. The third kappa shape index (κ3) is 1.57. The van der Waals surface area contributed by atoms with Crippen LogP contribution >= 0.6 is 0 Å². The Morgan fingerprint density at radius 1 is 1.62 bits per heavy atom. The Morgan fingerprint density at radius 3 is 3.00 bits per heavy atom. The summed E-state index contributed by atoms with van der Waals surface area (Å²) in [6.45, 7) is 1.08. The van der Waals surface area contributed by atoms with Gasteiger partial charge in [0.25, 0.3) is 0 Å². The van der Waals surface area contributed by atoms with Crippen molar-refractivity contribution in [3.63, 3.8) is 0 Å². The summed E-state index contributed by atoms with van der Waals surface area (Å²) >= 11 is 0. The van der Waals surface area contributed by atoms with Crippen molar-refractivity contribution in [1.82, 2.24) is 9.88 Å². The fraction of sp³-hybridized carbons (Fsp3) is 0.500. The summed E-state index contributed by atoms with van der Waals surface area (Å²) in [5.41, 5.74) is 7.26. The van der Waals surface area contributed by atoms with Gasteiger partial charge in [-0.1, -0.05) is 6.07 Å². The van der Waals surface area contributed by atoms with Crippen molar-refractivity contribution in [1.29, 1.82) is 0 Å². The molecule has 13 heavy (non-hydrogen) atoms. The Hall–Kier alpha value is -0.930. The minimum Gasteiger partial charge on any atom is -0.326 e. The van der Waals surface area contributed by atoms with Crippen molar-refractivity contribution in [2.45, 2.75) is 18.5 Å². The first-order valence-corrected chi connectivity index (χ1v) is 4.65. The van der Waals surface area contributed by atoms with Gasteiger partial charge >= 0.3 is 0 Å². The van der Waals surface area contributed by atoms with Crippen molar-refractivity contribution in [3.05, 3.63) is 30.1 Å². The third-order valence-corrected chi connectivity index (χ3v) is 2.72. The Balaban J connectivity index is 2.25. The molecule has 0 aromatic carbocycles. The Labute approximate surface area is 78.6 Å². The minimum atomic E-state index is 0.259. The summed E-state index contributed by atoms with van der Waals surface area (Å²) in [5, 5.41) is 0. The second-order valence-electron chi connectivity index (χ2n) is 3.66. The highest BCUT2D eigenvalue weighted by molar-refractivity contribution is 5.17. The molecule has 1 aromatic rings. The standard InChI is InChI=1S/C10H15N3/c1-13-6-4-9(11)10(13)8-3-2-5-12-7-8/h2-3,5,7,9-10H,4,6,11H2,1H3. The number of aromatic nitrogens is 1. The predicted octanol–water partition coefficient (Wildman–Crippen LogP) is 0.785. The van der Waals surface area contributed by atoms with Crippen molar-refractivity contribution >= 4 is 0 Å².